The number of fused-ring (bicyclic) bond motifs is 1. The Morgan fingerprint density at radius 2 is 1.71 bits per heavy atom. The van der Waals surface area contributed by atoms with E-state index in [1.54, 1.807) is 6.92 Å². The third kappa shape index (κ3) is 3.76. The number of carbonyl (C=O) groups is 3. The maximum atomic E-state index is 13.8. The van der Waals surface area contributed by atoms with Crippen molar-refractivity contribution in [3.8, 4) is 0 Å². The summed E-state index contributed by atoms with van der Waals surface area (Å²) in [6.45, 7) is 1.93. The van der Waals surface area contributed by atoms with Gasteiger partial charge in [0.05, 0.1) is 19.4 Å². The van der Waals surface area contributed by atoms with Crippen LogP contribution in [-0.2, 0) is 30.3 Å². The lowest BCUT2D eigenvalue weighted by atomic mass is 10.1. The number of ether oxygens (including phenoxy) is 2. The van der Waals surface area contributed by atoms with Crippen molar-refractivity contribution in [2.45, 2.75) is 31.8 Å². The van der Waals surface area contributed by atoms with Gasteiger partial charge < -0.3 is 9.47 Å². The molecule has 0 saturated carbocycles. The van der Waals surface area contributed by atoms with Gasteiger partial charge in [0.25, 0.3) is 5.91 Å². The monoisotopic (exact) mass is 421 g/mol. The summed E-state index contributed by atoms with van der Waals surface area (Å²) in [4.78, 5) is 40.1. The van der Waals surface area contributed by atoms with Gasteiger partial charge in [-0.1, -0.05) is 36.4 Å². The third-order valence-corrected chi connectivity index (χ3v) is 5.41. The van der Waals surface area contributed by atoms with E-state index in [1.807, 2.05) is 54.6 Å². The topological polar surface area (TPSA) is 88.5 Å². The van der Waals surface area contributed by atoms with Crippen LogP contribution in [0, 0.1) is 0 Å². The Kier molecular flexibility index (Phi) is 5.70. The Morgan fingerprint density at radius 3 is 2.42 bits per heavy atom. The van der Waals surface area contributed by atoms with Crippen molar-refractivity contribution in [1.82, 2.24) is 0 Å². The number of carbonyl (C=O) groups excluding carboxylic acids is 3. The highest BCUT2D eigenvalue weighted by Crippen LogP contribution is 2.35. The van der Waals surface area contributed by atoms with E-state index in [-0.39, 0.29) is 24.6 Å². The molecule has 0 radical (unpaired) electrons. The number of methoxy groups -OCH3 is 1. The van der Waals surface area contributed by atoms with Crippen LogP contribution in [0.4, 0.5) is 11.4 Å². The molecule has 8 nitrogen and oxygen atoms in total. The SMILES string of the molecule is CCOC(=O)C1=NN(c2ccccc2)C(C(=O)N2c3ccccc3CC2C(=O)OC)C1. The maximum absolute atomic E-state index is 13.8. The van der Waals surface area contributed by atoms with Crippen LogP contribution in [0.1, 0.15) is 18.9 Å². The Bertz CT molecular complexity index is 1040. The molecule has 2 atom stereocenters. The number of amides is 1. The highest BCUT2D eigenvalue weighted by molar-refractivity contribution is 6.38. The molecule has 0 spiro atoms. The molecule has 2 aliphatic heterocycles. The summed E-state index contributed by atoms with van der Waals surface area (Å²) in [6.07, 6.45) is 0.456. The fourth-order valence-electron chi connectivity index (χ4n) is 4.00. The molecule has 2 aliphatic rings. The molecule has 2 heterocycles. The zero-order valence-corrected chi connectivity index (χ0v) is 17.4. The quantitative estimate of drug-likeness (QED) is 0.689. The van der Waals surface area contributed by atoms with Crippen molar-refractivity contribution in [3.63, 3.8) is 0 Å². The summed E-state index contributed by atoms with van der Waals surface area (Å²) in [5, 5.41) is 5.94. The van der Waals surface area contributed by atoms with Crippen LogP contribution in [0.15, 0.2) is 59.7 Å². The van der Waals surface area contributed by atoms with Gasteiger partial charge in [0.2, 0.25) is 0 Å². The molecule has 160 valence electrons. The van der Waals surface area contributed by atoms with Crippen LogP contribution in [0.25, 0.3) is 0 Å². The number of benzene rings is 2. The predicted octanol–water partition coefficient (Wildman–Crippen LogP) is 2.32. The van der Waals surface area contributed by atoms with Gasteiger partial charge in [0.15, 0.2) is 0 Å². The largest absolute Gasteiger partial charge is 0.467 e. The zero-order chi connectivity index (χ0) is 22.0. The lowest BCUT2D eigenvalue weighted by Gasteiger charge is -2.30. The van der Waals surface area contributed by atoms with E-state index in [1.165, 1.54) is 17.0 Å². The van der Waals surface area contributed by atoms with Crippen LogP contribution < -0.4 is 9.91 Å². The molecule has 2 unspecified atom stereocenters. The predicted molar refractivity (Wildman–Crippen MR) is 115 cm³/mol. The molecule has 0 saturated heterocycles. The highest BCUT2D eigenvalue weighted by Gasteiger charge is 2.45. The average molecular weight is 421 g/mol. The molecule has 8 heteroatoms. The Labute approximate surface area is 180 Å². The van der Waals surface area contributed by atoms with Gasteiger partial charge in [-0.2, -0.15) is 5.10 Å². The van der Waals surface area contributed by atoms with Crippen molar-refractivity contribution >= 4 is 34.9 Å². The smallest absolute Gasteiger partial charge is 0.354 e. The van der Waals surface area contributed by atoms with E-state index in [4.69, 9.17) is 9.47 Å². The van der Waals surface area contributed by atoms with Crippen LogP contribution in [-0.4, -0.2) is 49.4 Å². The van der Waals surface area contributed by atoms with Gasteiger partial charge in [-0.3, -0.25) is 14.7 Å². The minimum atomic E-state index is -0.792. The molecule has 0 aromatic heterocycles. The van der Waals surface area contributed by atoms with Gasteiger partial charge in [-0.25, -0.2) is 9.59 Å². The van der Waals surface area contributed by atoms with E-state index >= 15 is 0 Å². The van der Waals surface area contributed by atoms with E-state index in [0.717, 1.165) is 5.56 Å². The number of rotatable bonds is 5. The molecule has 1 amide bonds. The van der Waals surface area contributed by atoms with E-state index in [0.29, 0.717) is 17.8 Å². The van der Waals surface area contributed by atoms with Gasteiger partial charge in [-0.15, -0.1) is 0 Å². The second-order valence-electron chi connectivity index (χ2n) is 7.25. The van der Waals surface area contributed by atoms with Crippen molar-refractivity contribution in [1.29, 1.82) is 0 Å². The number of hydrogen-bond acceptors (Lipinski definition) is 7. The first-order chi connectivity index (χ1) is 15.0. The van der Waals surface area contributed by atoms with Crippen molar-refractivity contribution < 1.29 is 23.9 Å². The number of esters is 2. The Balaban J connectivity index is 1.71. The molecule has 0 aliphatic carbocycles. The van der Waals surface area contributed by atoms with Crippen LogP contribution in [0.2, 0.25) is 0 Å². The molecule has 2 aromatic rings. The first-order valence-electron chi connectivity index (χ1n) is 10.1. The van der Waals surface area contributed by atoms with E-state index in [9.17, 15) is 14.4 Å². The van der Waals surface area contributed by atoms with Crippen molar-refractivity contribution in [2.75, 3.05) is 23.6 Å². The van der Waals surface area contributed by atoms with Gasteiger partial charge >= 0.3 is 11.9 Å². The molecule has 0 N–H and O–H groups in total. The second kappa shape index (κ2) is 8.59. The van der Waals surface area contributed by atoms with E-state index < -0.39 is 24.0 Å². The normalized spacial score (nSPS) is 19.6. The highest BCUT2D eigenvalue weighted by atomic mass is 16.5. The fraction of sp³-hybridized carbons (Fsp3) is 0.304. The molecular weight excluding hydrogens is 398 g/mol. The Hall–Kier alpha value is -3.68. The summed E-state index contributed by atoms with van der Waals surface area (Å²) >= 11 is 0. The number of para-hydroxylation sites is 2. The minimum absolute atomic E-state index is 0.0825. The molecule has 0 fully saturated rings. The first kappa shape index (κ1) is 20.6. The van der Waals surface area contributed by atoms with Crippen molar-refractivity contribution in [3.05, 3.63) is 60.2 Å². The van der Waals surface area contributed by atoms with Crippen LogP contribution in [0.5, 0.6) is 0 Å². The van der Waals surface area contributed by atoms with E-state index in [2.05, 4.69) is 5.10 Å². The lowest BCUT2D eigenvalue weighted by molar-refractivity contribution is -0.143. The number of nitrogens with zero attached hydrogens (tertiary/aromatic N) is 3. The summed E-state index contributed by atoms with van der Waals surface area (Å²) in [7, 11) is 1.31. The Morgan fingerprint density at radius 1 is 1.00 bits per heavy atom. The van der Waals surface area contributed by atoms with Crippen molar-refractivity contribution in [2.24, 2.45) is 5.10 Å². The minimum Gasteiger partial charge on any atom is -0.467 e. The summed E-state index contributed by atoms with van der Waals surface area (Å²) < 4.78 is 10.1. The standard InChI is InChI=1S/C23H23N3O5/c1-3-31-22(28)17-14-19(26(24-17)16-10-5-4-6-11-16)21(27)25-18-12-8-7-9-15(18)13-20(25)23(29)30-2/h4-12,19-20H,3,13-14H2,1-2H3. The zero-order valence-electron chi connectivity index (χ0n) is 17.4. The van der Waals surface area contributed by atoms with Gasteiger partial charge in [-0.05, 0) is 30.7 Å². The van der Waals surface area contributed by atoms with Gasteiger partial charge in [0, 0.05) is 18.5 Å². The maximum Gasteiger partial charge on any atom is 0.354 e. The third-order valence-electron chi connectivity index (χ3n) is 5.41. The summed E-state index contributed by atoms with van der Waals surface area (Å²) in [5.74, 6) is -1.36. The first-order valence-corrected chi connectivity index (χ1v) is 10.1. The molecule has 0 bridgehead atoms. The molecular formula is C23H23N3O5. The fourth-order valence-corrected chi connectivity index (χ4v) is 4.00. The lowest BCUT2D eigenvalue weighted by Crippen LogP contribution is -2.51. The molecule has 2 aromatic carbocycles. The molecule has 31 heavy (non-hydrogen) atoms. The average Bonchev–Trinajstić information content (AvgIpc) is 3.41. The number of anilines is 2. The van der Waals surface area contributed by atoms with Crippen LogP contribution >= 0.6 is 0 Å². The number of hydrazone groups is 1. The number of hydrogen-bond donors (Lipinski definition) is 0. The summed E-state index contributed by atoms with van der Waals surface area (Å²) in [5.41, 5.74) is 2.40. The van der Waals surface area contributed by atoms with Gasteiger partial charge in [0.1, 0.15) is 17.8 Å². The molecule has 4 rings (SSSR count). The second-order valence-corrected chi connectivity index (χ2v) is 7.25. The van der Waals surface area contributed by atoms with Crippen LogP contribution in [0.3, 0.4) is 0 Å². The summed E-state index contributed by atoms with van der Waals surface area (Å²) in [6, 6.07) is 15.0.